The first-order valence-electron chi connectivity index (χ1n) is 5.57. The summed E-state index contributed by atoms with van der Waals surface area (Å²) in [5.74, 6) is -0.0565. The van der Waals surface area contributed by atoms with Gasteiger partial charge in [0.25, 0.3) is 5.91 Å². The summed E-state index contributed by atoms with van der Waals surface area (Å²) in [6.45, 7) is 0.697. The number of hydrogen-bond donors (Lipinski definition) is 0. The Morgan fingerprint density at radius 3 is 2.94 bits per heavy atom. The van der Waals surface area contributed by atoms with E-state index in [0.717, 1.165) is 10.9 Å². The zero-order valence-corrected chi connectivity index (χ0v) is 12.4. The zero-order chi connectivity index (χ0) is 13.0. The van der Waals surface area contributed by atoms with E-state index in [0.29, 0.717) is 12.2 Å². The second-order valence-corrected chi connectivity index (χ2v) is 5.78. The number of pyridine rings is 1. The van der Waals surface area contributed by atoms with Crippen molar-refractivity contribution in [1.29, 1.82) is 0 Å². The molecule has 1 amide bonds. The van der Waals surface area contributed by atoms with Gasteiger partial charge in [0.15, 0.2) is 0 Å². The van der Waals surface area contributed by atoms with E-state index < -0.39 is 0 Å². The lowest BCUT2D eigenvalue weighted by molar-refractivity contribution is 0.0790. The number of thiophene rings is 1. The van der Waals surface area contributed by atoms with Crippen molar-refractivity contribution in [1.82, 2.24) is 9.88 Å². The van der Waals surface area contributed by atoms with E-state index in [2.05, 4.69) is 27.0 Å². The number of amides is 1. The minimum Gasteiger partial charge on any atom is -0.340 e. The summed E-state index contributed by atoms with van der Waals surface area (Å²) < 4.78 is 0.734. The Morgan fingerprint density at radius 2 is 2.28 bits per heavy atom. The van der Waals surface area contributed by atoms with Crippen LogP contribution in [-0.2, 0) is 6.42 Å². The highest BCUT2D eigenvalue weighted by atomic mass is 79.9. The molecule has 0 aliphatic heterocycles. The molecule has 18 heavy (non-hydrogen) atoms. The SMILES string of the molecule is CN(CCc1cccs1)C(=O)c1ncccc1Br. The van der Waals surface area contributed by atoms with Crippen molar-refractivity contribution in [3.8, 4) is 0 Å². The van der Waals surface area contributed by atoms with Crippen LogP contribution < -0.4 is 0 Å². The van der Waals surface area contributed by atoms with Crippen LogP contribution in [0.4, 0.5) is 0 Å². The molecule has 0 fully saturated rings. The fourth-order valence-corrected chi connectivity index (χ4v) is 2.68. The molecule has 0 saturated heterocycles. The Kier molecular flexibility index (Phi) is 4.49. The van der Waals surface area contributed by atoms with Gasteiger partial charge in [-0.3, -0.25) is 4.79 Å². The Bertz CT molecular complexity index is 528. The molecule has 0 bridgehead atoms. The number of halogens is 1. The van der Waals surface area contributed by atoms with Gasteiger partial charge in [0.2, 0.25) is 0 Å². The van der Waals surface area contributed by atoms with Crippen molar-refractivity contribution >= 4 is 33.2 Å². The standard InChI is InChI=1S/C13H13BrN2OS/c1-16(8-6-10-4-3-9-18-10)13(17)12-11(14)5-2-7-15-12/h2-5,7,9H,6,8H2,1H3. The van der Waals surface area contributed by atoms with Crippen LogP contribution in [0.1, 0.15) is 15.4 Å². The maximum absolute atomic E-state index is 12.2. The van der Waals surface area contributed by atoms with Crippen molar-refractivity contribution in [2.24, 2.45) is 0 Å². The van der Waals surface area contributed by atoms with E-state index in [-0.39, 0.29) is 5.91 Å². The first-order chi connectivity index (χ1) is 8.68. The quantitative estimate of drug-likeness (QED) is 0.865. The minimum atomic E-state index is -0.0565. The summed E-state index contributed by atoms with van der Waals surface area (Å²) in [5, 5.41) is 2.05. The fraction of sp³-hybridized carbons (Fsp3) is 0.231. The monoisotopic (exact) mass is 324 g/mol. The topological polar surface area (TPSA) is 33.2 Å². The third-order valence-corrected chi connectivity index (χ3v) is 4.16. The summed E-state index contributed by atoms with van der Waals surface area (Å²) in [6.07, 6.45) is 2.51. The maximum Gasteiger partial charge on any atom is 0.273 e. The number of carbonyl (C=O) groups excluding carboxylic acids is 1. The molecule has 0 N–H and O–H groups in total. The molecule has 0 unspecified atom stereocenters. The molecule has 0 aromatic carbocycles. The van der Waals surface area contributed by atoms with Gasteiger partial charge in [-0.25, -0.2) is 4.98 Å². The number of rotatable bonds is 4. The van der Waals surface area contributed by atoms with Crippen LogP contribution in [0.3, 0.4) is 0 Å². The maximum atomic E-state index is 12.2. The van der Waals surface area contributed by atoms with Gasteiger partial charge < -0.3 is 4.90 Å². The zero-order valence-electron chi connectivity index (χ0n) is 9.97. The number of hydrogen-bond acceptors (Lipinski definition) is 3. The Labute approximate surface area is 119 Å². The normalized spacial score (nSPS) is 10.3. The lowest BCUT2D eigenvalue weighted by Crippen LogP contribution is -2.29. The predicted octanol–water partition coefficient (Wildman–Crippen LogP) is 3.22. The highest BCUT2D eigenvalue weighted by molar-refractivity contribution is 9.10. The smallest absolute Gasteiger partial charge is 0.273 e. The first kappa shape index (κ1) is 13.2. The summed E-state index contributed by atoms with van der Waals surface area (Å²) in [4.78, 5) is 19.3. The summed E-state index contributed by atoms with van der Waals surface area (Å²) in [6, 6.07) is 7.73. The Hall–Kier alpha value is -1.20. The van der Waals surface area contributed by atoms with Gasteiger partial charge in [-0.05, 0) is 45.9 Å². The highest BCUT2D eigenvalue weighted by Crippen LogP contribution is 2.15. The second-order valence-electron chi connectivity index (χ2n) is 3.89. The molecular formula is C13H13BrN2OS. The fourth-order valence-electron chi connectivity index (χ4n) is 1.56. The Balaban J connectivity index is 1.99. The van der Waals surface area contributed by atoms with Gasteiger partial charge in [-0.2, -0.15) is 0 Å². The second kappa shape index (κ2) is 6.11. The van der Waals surface area contributed by atoms with Crippen LogP contribution in [-0.4, -0.2) is 29.4 Å². The van der Waals surface area contributed by atoms with E-state index in [9.17, 15) is 4.79 Å². The average Bonchev–Trinajstić information content (AvgIpc) is 2.89. The summed E-state index contributed by atoms with van der Waals surface area (Å²) in [5.41, 5.74) is 0.464. The molecule has 2 aromatic rings. The number of nitrogens with zero attached hydrogens (tertiary/aromatic N) is 2. The minimum absolute atomic E-state index is 0.0565. The van der Waals surface area contributed by atoms with Gasteiger partial charge >= 0.3 is 0 Å². The third-order valence-electron chi connectivity index (χ3n) is 2.58. The van der Waals surface area contributed by atoms with Crippen LogP contribution in [0.2, 0.25) is 0 Å². The molecule has 0 spiro atoms. The molecule has 5 heteroatoms. The van der Waals surface area contributed by atoms with Crippen molar-refractivity contribution in [2.45, 2.75) is 6.42 Å². The van der Waals surface area contributed by atoms with Crippen molar-refractivity contribution in [3.05, 3.63) is 50.9 Å². The molecule has 0 aliphatic rings. The van der Waals surface area contributed by atoms with Crippen molar-refractivity contribution in [2.75, 3.05) is 13.6 Å². The molecule has 2 rings (SSSR count). The van der Waals surface area contributed by atoms with E-state index in [1.807, 2.05) is 17.5 Å². The van der Waals surface area contributed by atoms with E-state index >= 15 is 0 Å². The molecule has 3 nitrogen and oxygen atoms in total. The average molecular weight is 325 g/mol. The van der Waals surface area contributed by atoms with Crippen LogP contribution in [0.5, 0.6) is 0 Å². The van der Waals surface area contributed by atoms with Crippen molar-refractivity contribution in [3.63, 3.8) is 0 Å². The Morgan fingerprint density at radius 1 is 1.44 bits per heavy atom. The largest absolute Gasteiger partial charge is 0.340 e. The van der Waals surface area contributed by atoms with E-state index in [1.165, 1.54) is 4.88 Å². The highest BCUT2D eigenvalue weighted by Gasteiger charge is 2.15. The number of aromatic nitrogens is 1. The van der Waals surface area contributed by atoms with Crippen LogP contribution >= 0.6 is 27.3 Å². The van der Waals surface area contributed by atoms with Gasteiger partial charge in [0, 0.05) is 29.1 Å². The molecule has 94 valence electrons. The molecule has 0 aliphatic carbocycles. The lowest BCUT2D eigenvalue weighted by Gasteiger charge is -2.16. The number of carbonyl (C=O) groups is 1. The molecule has 0 radical (unpaired) electrons. The summed E-state index contributed by atoms with van der Waals surface area (Å²) >= 11 is 5.06. The van der Waals surface area contributed by atoms with Gasteiger partial charge in [0.05, 0.1) is 0 Å². The van der Waals surface area contributed by atoms with E-state index in [4.69, 9.17) is 0 Å². The van der Waals surface area contributed by atoms with Crippen LogP contribution in [0.25, 0.3) is 0 Å². The third kappa shape index (κ3) is 3.17. The molecule has 2 heterocycles. The first-order valence-corrected chi connectivity index (χ1v) is 7.24. The summed E-state index contributed by atoms with van der Waals surface area (Å²) in [7, 11) is 1.80. The molecular weight excluding hydrogens is 312 g/mol. The lowest BCUT2D eigenvalue weighted by atomic mass is 10.3. The molecule has 2 aromatic heterocycles. The van der Waals surface area contributed by atoms with Gasteiger partial charge in [-0.15, -0.1) is 11.3 Å². The molecule has 0 saturated carbocycles. The predicted molar refractivity (Wildman–Crippen MR) is 76.9 cm³/mol. The van der Waals surface area contributed by atoms with Crippen molar-refractivity contribution < 1.29 is 4.79 Å². The van der Waals surface area contributed by atoms with Crippen LogP contribution in [0.15, 0.2) is 40.3 Å². The van der Waals surface area contributed by atoms with Gasteiger partial charge in [0.1, 0.15) is 5.69 Å². The number of likely N-dealkylation sites (N-methyl/N-ethyl adjacent to an activating group) is 1. The van der Waals surface area contributed by atoms with Crippen LogP contribution in [0, 0.1) is 0 Å². The van der Waals surface area contributed by atoms with E-state index in [1.54, 1.807) is 35.5 Å². The molecule has 0 atom stereocenters. The van der Waals surface area contributed by atoms with Gasteiger partial charge in [-0.1, -0.05) is 6.07 Å².